The van der Waals surface area contributed by atoms with E-state index in [9.17, 15) is 4.79 Å². The molecule has 4 nitrogen and oxygen atoms in total. The van der Waals surface area contributed by atoms with E-state index in [4.69, 9.17) is 16.7 Å². The maximum atomic E-state index is 12.5. The van der Waals surface area contributed by atoms with Gasteiger partial charge in [-0.05, 0) is 36.4 Å². The van der Waals surface area contributed by atoms with Gasteiger partial charge in [0, 0.05) is 21.4 Å². The molecule has 0 radical (unpaired) electrons. The maximum absolute atomic E-state index is 12.5. The zero-order valence-corrected chi connectivity index (χ0v) is 17.1. The molecule has 6 heteroatoms. The fourth-order valence-electron chi connectivity index (χ4n) is 2.46. The van der Waals surface area contributed by atoms with Crippen molar-refractivity contribution in [3.63, 3.8) is 0 Å². The molecule has 1 N–H and O–H groups in total. The Morgan fingerprint density at radius 1 is 1.11 bits per heavy atom. The molecule has 1 amide bonds. The number of hydrogen-bond donors (Lipinski definition) is 1. The largest absolute Gasteiger partial charge is 0.310 e. The fourth-order valence-corrected chi connectivity index (χ4v) is 3.31. The van der Waals surface area contributed by atoms with Crippen molar-refractivity contribution in [2.24, 2.45) is 0 Å². The van der Waals surface area contributed by atoms with Gasteiger partial charge in [0.2, 0.25) is 5.91 Å². The number of nitrogens with one attached hydrogen (secondary N) is 1. The topological polar surface area (TPSA) is 46.9 Å². The number of nitrogens with zero attached hydrogens (tertiary/aromatic N) is 2. The Labute approximate surface area is 168 Å². The molecule has 0 saturated heterocycles. The summed E-state index contributed by atoms with van der Waals surface area (Å²) in [6, 6.07) is 19.2. The van der Waals surface area contributed by atoms with Crippen LogP contribution in [0.15, 0.2) is 65.6 Å². The first-order chi connectivity index (χ1) is 12.8. The van der Waals surface area contributed by atoms with Crippen LogP contribution in [0.5, 0.6) is 0 Å². The van der Waals surface area contributed by atoms with Crippen molar-refractivity contribution in [2.45, 2.75) is 31.1 Å². The van der Waals surface area contributed by atoms with Crippen molar-refractivity contribution in [1.82, 2.24) is 9.78 Å². The second kappa shape index (κ2) is 8.19. The molecular weight excluding hydrogens is 378 g/mol. The van der Waals surface area contributed by atoms with Gasteiger partial charge >= 0.3 is 0 Å². The van der Waals surface area contributed by atoms with E-state index in [1.165, 1.54) is 11.8 Å². The molecule has 0 atom stereocenters. The van der Waals surface area contributed by atoms with Crippen molar-refractivity contribution in [3.05, 3.63) is 71.4 Å². The first-order valence-electron chi connectivity index (χ1n) is 8.67. The van der Waals surface area contributed by atoms with Crippen LogP contribution in [0, 0.1) is 0 Å². The van der Waals surface area contributed by atoms with Gasteiger partial charge in [-0.2, -0.15) is 5.10 Å². The molecule has 3 rings (SSSR count). The Kier molecular flexibility index (Phi) is 5.92. The van der Waals surface area contributed by atoms with Crippen molar-refractivity contribution in [3.8, 4) is 5.69 Å². The number of rotatable bonds is 5. The van der Waals surface area contributed by atoms with E-state index >= 15 is 0 Å². The standard InChI is InChI=1S/C21H22ClN3OS/c1-21(2,3)18-13-19(25(24-18)16-11-9-15(22)10-12-16)23-20(26)14-27-17-7-5-4-6-8-17/h4-13H,14H2,1-3H3,(H,23,26). The molecule has 27 heavy (non-hydrogen) atoms. The van der Waals surface area contributed by atoms with E-state index in [1.807, 2.05) is 60.7 Å². The summed E-state index contributed by atoms with van der Waals surface area (Å²) in [4.78, 5) is 13.6. The van der Waals surface area contributed by atoms with Crippen LogP contribution in [0.25, 0.3) is 5.69 Å². The van der Waals surface area contributed by atoms with Crippen molar-refractivity contribution in [1.29, 1.82) is 0 Å². The lowest BCUT2D eigenvalue weighted by Gasteiger charge is -2.14. The summed E-state index contributed by atoms with van der Waals surface area (Å²) < 4.78 is 1.75. The molecule has 140 valence electrons. The first kappa shape index (κ1) is 19.5. The molecule has 1 heterocycles. The third-order valence-electron chi connectivity index (χ3n) is 3.93. The zero-order valence-electron chi connectivity index (χ0n) is 15.6. The van der Waals surface area contributed by atoms with Gasteiger partial charge in [0.05, 0.1) is 17.1 Å². The predicted molar refractivity (Wildman–Crippen MR) is 113 cm³/mol. The highest BCUT2D eigenvalue weighted by Gasteiger charge is 2.21. The zero-order chi connectivity index (χ0) is 19.4. The summed E-state index contributed by atoms with van der Waals surface area (Å²) in [6.07, 6.45) is 0. The quantitative estimate of drug-likeness (QED) is 0.572. The fraction of sp³-hybridized carbons (Fsp3) is 0.238. The minimum absolute atomic E-state index is 0.0700. The number of carbonyl (C=O) groups is 1. The van der Waals surface area contributed by atoms with E-state index in [-0.39, 0.29) is 11.3 Å². The third-order valence-corrected chi connectivity index (χ3v) is 5.19. The van der Waals surface area contributed by atoms with Crippen molar-refractivity contribution in [2.75, 3.05) is 11.1 Å². The van der Waals surface area contributed by atoms with Crippen LogP contribution in [0.1, 0.15) is 26.5 Å². The molecule has 0 fully saturated rings. The van der Waals surface area contributed by atoms with Crippen LogP contribution < -0.4 is 5.32 Å². The molecule has 0 saturated carbocycles. The lowest BCUT2D eigenvalue weighted by Crippen LogP contribution is -2.17. The smallest absolute Gasteiger partial charge is 0.235 e. The number of benzene rings is 2. The van der Waals surface area contributed by atoms with Gasteiger partial charge in [0.1, 0.15) is 5.82 Å². The lowest BCUT2D eigenvalue weighted by molar-refractivity contribution is -0.113. The summed E-state index contributed by atoms with van der Waals surface area (Å²) in [6.45, 7) is 6.29. The molecule has 0 aliphatic carbocycles. The molecule has 0 spiro atoms. The molecule has 1 aromatic heterocycles. The number of hydrogen-bond acceptors (Lipinski definition) is 3. The summed E-state index contributed by atoms with van der Waals surface area (Å²) in [5.41, 5.74) is 1.63. The number of thioether (sulfide) groups is 1. The summed E-state index contributed by atoms with van der Waals surface area (Å²) >= 11 is 7.50. The van der Waals surface area contributed by atoms with Crippen LogP contribution in [0.4, 0.5) is 5.82 Å². The Balaban J connectivity index is 1.81. The highest BCUT2D eigenvalue weighted by atomic mass is 35.5. The lowest BCUT2D eigenvalue weighted by atomic mass is 9.92. The second-order valence-corrected chi connectivity index (χ2v) is 8.69. The molecule has 0 aliphatic heterocycles. The highest BCUT2D eigenvalue weighted by molar-refractivity contribution is 8.00. The van der Waals surface area contributed by atoms with E-state index in [0.29, 0.717) is 16.6 Å². The maximum Gasteiger partial charge on any atom is 0.235 e. The Bertz CT molecular complexity index is 915. The van der Waals surface area contributed by atoms with Crippen LogP contribution in [-0.2, 0) is 10.2 Å². The van der Waals surface area contributed by atoms with Gasteiger partial charge in [-0.25, -0.2) is 4.68 Å². The van der Waals surface area contributed by atoms with Crippen LogP contribution in [0.3, 0.4) is 0 Å². The van der Waals surface area contributed by atoms with Crippen LogP contribution >= 0.6 is 23.4 Å². The van der Waals surface area contributed by atoms with Gasteiger partial charge in [-0.15, -0.1) is 11.8 Å². The Morgan fingerprint density at radius 3 is 2.41 bits per heavy atom. The van der Waals surface area contributed by atoms with Gasteiger partial charge in [0.15, 0.2) is 0 Å². The average Bonchev–Trinajstić information content (AvgIpc) is 3.06. The number of halogens is 1. The van der Waals surface area contributed by atoms with Crippen molar-refractivity contribution >= 4 is 35.1 Å². The van der Waals surface area contributed by atoms with Crippen LogP contribution in [0.2, 0.25) is 5.02 Å². The number of anilines is 1. The Morgan fingerprint density at radius 2 is 1.78 bits per heavy atom. The van der Waals surface area contributed by atoms with E-state index in [1.54, 1.807) is 4.68 Å². The monoisotopic (exact) mass is 399 g/mol. The summed E-state index contributed by atoms with van der Waals surface area (Å²) in [7, 11) is 0. The Hall–Kier alpha value is -2.24. The van der Waals surface area contributed by atoms with Crippen LogP contribution in [-0.4, -0.2) is 21.4 Å². The minimum atomic E-state index is -0.129. The van der Waals surface area contributed by atoms with Gasteiger partial charge in [-0.1, -0.05) is 50.6 Å². The van der Waals surface area contributed by atoms with Crippen molar-refractivity contribution < 1.29 is 4.79 Å². The SMILES string of the molecule is CC(C)(C)c1cc(NC(=O)CSc2ccccc2)n(-c2ccc(Cl)cc2)n1. The number of amides is 1. The molecular formula is C21H22ClN3OS. The molecule has 3 aromatic rings. The number of aromatic nitrogens is 2. The normalized spacial score (nSPS) is 11.4. The average molecular weight is 400 g/mol. The van der Waals surface area contributed by atoms with E-state index in [0.717, 1.165) is 16.3 Å². The first-order valence-corrected chi connectivity index (χ1v) is 10.0. The van der Waals surface area contributed by atoms with Gasteiger partial charge < -0.3 is 5.32 Å². The minimum Gasteiger partial charge on any atom is -0.310 e. The molecule has 0 aliphatic rings. The summed E-state index contributed by atoms with van der Waals surface area (Å²) in [5, 5.41) is 8.36. The van der Waals surface area contributed by atoms with E-state index < -0.39 is 0 Å². The second-order valence-electron chi connectivity index (χ2n) is 7.20. The third kappa shape index (κ3) is 5.15. The van der Waals surface area contributed by atoms with Gasteiger partial charge in [0.25, 0.3) is 0 Å². The highest BCUT2D eigenvalue weighted by Crippen LogP contribution is 2.27. The molecule has 0 unspecified atom stereocenters. The van der Waals surface area contributed by atoms with E-state index in [2.05, 4.69) is 26.1 Å². The number of carbonyl (C=O) groups excluding carboxylic acids is 1. The summed E-state index contributed by atoms with van der Waals surface area (Å²) in [5.74, 6) is 0.918. The van der Waals surface area contributed by atoms with Gasteiger partial charge in [-0.3, -0.25) is 4.79 Å². The predicted octanol–water partition coefficient (Wildman–Crippen LogP) is 5.55. The molecule has 0 bridgehead atoms. The molecule has 2 aromatic carbocycles.